The minimum Gasteiger partial charge on any atom is -0.466 e. The largest absolute Gasteiger partial charge is 0.466 e. The molecule has 2 aromatic rings. The van der Waals surface area contributed by atoms with Crippen molar-refractivity contribution in [1.82, 2.24) is 10.3 Å². The Morgan fingerprint density at radius 2 is 2.00 bits per heavy atom. The van der Waals surface area contributed by atoms with Crippen LogP contribution in [0.15, 0.2) is 28.7 Å². The molecule has 2 amide bonds. The summed E-state index contributed by atoms with van der Waals surface area (Å²) in [5.74, 6) is 1.33. The number of amides is 2. The number of nitrogens with one attached hydrogen (secondary N) is 2. The van der Waals surface area contributed by atoms with Gasteiger partial charge in [-0.1, -0.05) is 6.07 Å². The molecule has 0 spiro atoms. The fourth-order valence-corrected chi connectivity index (χ4v) is 2.06. The normalized spacial score (nSPS) is 10.3. The van der Waals surface area contributed by atoms with Gasteiger partial charge in [-0.2, -0.15) is 0 Å². The maximum Gasteiger partial charge on any atom is 0.254 e. The average molecular weight is 301 g/mol. The molecule has 116 valence electrons. The van der Waals surface area contributed by atoms with Crippen LogP contribution in [0.2, 0.25) is 0 Å². The Labute approximate surface area is 128 Å². The molecule has 0 aliphatic carbocycles. The minimum absolute atomic E-state index is 0.178. The summed E-state index contributed by atoms with van der Waals surface area (Å²) < 4.78 is 5.30. The SMILES string of the molecule is Cc1cccc(NC(=O)CCNC(=O)c2cc(C)oc2C)n1. The maximum atomic E-state index is 11.9. The van der Waals surface area contributed by atoms with Crippen molar-refractivity contribution in [2.45, 2.75) is 27.2 Å². The topological polar surface area (TPSA) is 84.2 Å². The van der Waals surface area contributed by atoms with Crippen LogP contribution >= 0.6 is 0 Å². The van der Waals surface area contributed by atoms with Crippen molar-refractivity contribution in [1.29, 1.82) is 0 Å². The molecule has 0 fully saturated rings. The van der Waals surface area contributed by atoms with Crippen molar-refractivity contribution in [2.24, 2.45) is 0 Å². The molecule has 0 saturated carbocycles. The van der Waals surface area contributed by atoms with Crippen LogP contribution < -0.4 is 10.6 Å². The lowest BCUT2D eigenvalue weighted by atomic mass is 10.2. The van der Waals surface area contributed by atoms with E-state index in [1.165, 1.54) is 0 Å². The van der Waals surface area contributed by atoms with Gasteiger partial charge in [0, 0.05) is 18.7 Å². The summed E-state index contributed by atoms with van der Waals surface area (Å²) in [4.78, 5) is 27.9. The van der Waals surface area contributed by atoms with E-state index in [1.54, 1.807) is 26.0 Å². The second-order valence-corrected chi connectivity index (χ2v) is 5.05. The van der Waals surface area contributed by atoms with Gasteiger partial charge in [-0.15, -0.1) is 0 Å². The summed E-state index contributed by atoms with van der Waals surface area (Å²) >= 11 is 0. The molecule has 6 nitrogen and oxygen atoms in total. The molecular formula is C16H19N3O3. The molecule has 2 N–H and O–H groups in total. The maximum absolute atomic E-state index is 11.9. The van der Waals surface area contributed by atoms with Crippen LogP contribution in [0.5, 0.6) is 0 Å². The van der Waals surface area contributed by atoms with E-state index in [9.17, 15) is 9.59 Å². The zero-order valence-electron chi connectivity index (χ0n) is 12.9. The predicted octanol–water partition coefficient (Wildman–Crippen LogP) is 2.36. The van der Waals surface area contributed by atoms with Gasteiger partial charge in [0.1, 0.15) is 17.3 Å². The Morgan fingerprint density at radius 1 is 1.23 bits per heavy atom. The fraction of sp³-hybridized carbons (Fsp3) is 0.312. The zero-order valence-corrected chi connectivity index (χ0v) is 12.9. The molecule has 0 aliphatic rings. The molecule has 0 atom stereocenters. The van der Waals surface area contributed by atoms with Crippen molar-refractivity contribution >= 4 is 17.6 Å². The molecule has 2 heterocycles. The van der Waals surface area contributed by atoms with E-state index in [-0.39, 0.29) is 24.8 Å². The highest BCUT2D eigenvalue weighted by Gasteiger charge is 2.13. The monoisotopic (exact) mass is 301 g/mol. The molecule has 0 saturated heterocycles. The molecule has 0 aromatic carbocycles. The van der Waals surface area contributed by atoms with Crippen molar-refractivity contribution in [3.63, 3.8) is 0 Å². The molecule has 0 unspecified atom stereocenters. The smallest absolute Gasteiger partial charge is 0.254 e. The number of pyridine rings is 1. The van der Waals surface area contributed by atoms with Crippen molar-refractivity contribution in [3.05, 3.63) is 47.0 Å². The number of aryl methyl sites for hydroxylation is 3. The fourth-order valence-electron chi connectivity index (χ4n) is 2.06. The van der Waals surface area contributed by atoms with E-state index >= 15 is 0 Å². The quantitative estimate of drug-likeness (QED) is 0.888. The van der Waals surface area contributed by atoms with Gasteiger partial charge >= 0.3 is 0 Å². The molecule has 22 heavy (non-hydrogen) atoms. The Kier molecular flexibility index (Phi) is 4.93. The number of nitrogens with zero attached hydrogens (tertiary/aromatic N) is 1. The lowest BCUT2D eigenvalue weighted by molar-refractivity contribution is -0.116. The van der Waals surface area contributed by atoms with Gasteiger partial charge in [0.2, 0.25) is 5.91 Å². The van der Waals surface area contributed by atoms with Crippen LogP contribution in [0.3, 0.4) is 0 Å². The van der Waals surface area contributed by atoms with E-state index in [1.807, 2.05) is 19.1 Å². The standard InChI is InChI=1S/C16H19N3O3/c1-10-5-4-6-14(18-10)19-15(20)7-8-17-16(21)13-9-11(2)22-12(13)3/h4-6,9H,7-8H2,1-3H3,(H,17,21)(H,18,19,20). The summed E-state index contributed by atoms with van der Waals surface area (Å²) in [6.07, 6.45) is 0.178. The van der Waals surface area contributed by atoms with Gasteiger partial charge in [-0.3, -0.25) is 9.59 Å². The summed E-state index contributed by atoms with van der Waals surface area (Å²) in [6.45, 7) is 5.62. The van der Waals surface area contributed by atoms with Crippen molar-refractivity contribution in [3.8, 4) is 0 Å². The lowest BCUT2D eigenvalue weighted by Gasteiger charge is -2.06. The highest BCUT2D eigenvalue weighted by Crippen LogP contribution is 2.13. The number of rotatable bonds is 5. The summed E-state index contributed by atoms with van der Waals surface area (Å²) in [5.41, 5.74) is 1.33. The molecule has 0 bridgehead atoms. The molecular weight excluding hydrogens is 282 g/mol. The number of furan rings is 1. The Bertz CT molecular complexity index is 692. The lowest BCUT2D eigenvalue weighted by Crippen LogP contribution is -2.27. The van der Waals surface area contributed by atoms with Gasteiger partial charge < -0.3 is 15.1 Å². The Hall–Kier alpha value is -2.63. The van der Waals surface area contributed by atoms with Crippen LogP contribution in [-0.2, 0) is 4.79 Å². The van der Waals surface area contributed by atoms with Crippen LogP contribution in [0.4, 0.5) is 5.82 Å². The first-order valence-electron chi connectivity index (χ1n) is 7.04. The van der Waals surface area contributed by atoms with Gasteiger partial charge in [0.25, 0.3) is 5.91 Å². The van der Waals surface area contributed by atoms with E-state index in [4.69, 9.17) is 4.42 Å². The highest BCUT2D eigenvalue weighted by molar-refractivity contribution is 5.96. The molecule has 2 aromatic heterocycles. The second kappa shape index (κ2) is 6.89. The van der Waals surface area contributed by atoms with E-state index < -0.39 is 0 Å². The first-order valence-corrected chi connectivity index (χ1v) is 7.04. The van der Waals surface area contributed by atoms with E-state index in [0.29, 0.717) is 22.9 Å². The van der Waals surface area contributed by atoms with Gasteiger partial charge in [0.05, 0.1) is 5.56 Å². The van der Waals surface area contributed by atoms with E-state index in [2.05, 4.69) is 15.6 Å². The number of carbonyl (C=O) groups is 2. The minimum atomic E-state index is -0.240. The van der Waals surface area contributed by atoms with E-state index in [0.717, 1.165) is 5.69 Å². The van der Waals surface area contributed by atoms with Crippen LogP contribution in [0, 0.1) is 20.8 Å². The zero-order chi connectivity index (χ0) is 16.1. The molecule has 2 rings (SSSR count). The molecule has 6 heteroatoms. The number of hydrogen-bond donors (Lipinski definition) is 2. The van der Waals surface area contributed by atoms with Gasteiger partial charge in [-0.05, 0) is 39.0 Å². The highest BCUT2D eigenvalue weighted by atomic mass is 16.3. The van der Waals surface area contributed by atoms with Gasteiger partial charge in [0.15, 0.2) is 0 Å². The number of anilines is 1. The van der Waals surface area contributed by atoms with Gasteiger partial charge in [-0.25, -0.2) is 4.98 Å². The first-order chi connectivity index (χ1) is 10.5. The second-order valence-electron chi connectivity index (χ2n) is 5.05. The number of carbonyl (C=O) groups excluding carboxylic acids is 2. The number of hydrogen-bond acceptors (Lipinski definition) is 4. The first kappa shape index (κ1) is 15.8. The third-order valence-electron chi connectivity index (χ3n) is 3.08. The summed E-state index contributed by atoms with van der Waals surface area (Å²) in [5, 5.41) is 5.39. The van der Waals surface area contributed by atoms with Crippen LogP contribution in [0.1, 0.15) is 34.0 Å². The average Bonchev–Trinajstić information content (AvgIpc) is 2.77. The third kappa shape index (κ3) is 4.18. The third-order valence-corrected chi connectivity index (χ3v) is 3.08. The van der Waals surface area contributed by atoms with Crippen molar-refractivity contribution in [2.75, 3.05) is 11.9 Å². The summed E-state index contributed by atoms with van der Waals surface area (Å²) in [7, 11) is 0. The van der Waals surface area contributed by atoms with Crippen molar-refractivity contribution < 1.29 is 14.0 Å². The predicted molar refractivity (Wildman–Crippen MR) is 82.7 cm³/mol. The Morgan fingerprint density at radius 3 is 2.64 bits per heavy atom. The molecule has 0 aliphatic heterocycles. The Balaban J connectivity index is 1.80. The molecule has 0 radical (unpaired) electrons. The van der Waals surface area contributed by atoms with Crippen LogP contribution in [0.25, 0.3) is 0 Å². The summed E-state index contributed by atoms with van der Waals surface area (Å²) in [6, 6.07) is 7.08. The number of aromatic nitrogens is 1. The van der Waals surface area contributed by atoms with Crippen LogP contribution in [-0.4, -0.2) is 23.3 Å².